The number of hydrogen-bond acceptors (Lipinski definition) is 6. The van der Waals surface area contributed by atoms with Gasteiger partial charge in [-0.05, 0) is 50.8 Å². The SMILES string of the molecule is COc1ccc(C)cc1NC(=O)Nc1nnc(N2CCCC[C@H]2C)s1. The molecule has 8 heteroatoms. The van der Waals surface area contributed by atoms with Gasteiger partial charge in [0.1, 0.15) is 5.75 Å². The number of carbonyl (C=O) groups is 1. The molecule has 3 rings (SSSR count). The molecule has 2 heterocycles. The summed E-state index contributed by atoms with van der Waals surface area (Å²) in [5.74, 6) is 0.612. The molecule has 1 aliphatic heterocycles. The van der Waals surface area contributed by atoms with Gasteiger partial charge >= 0.3 is 6.03 Å². The van der Waals surface area contributed by atoms with Gasteiger partial charge < -0.3 is 15.0 Å². The monoisotopic (exact) mass is 361 g/mol. The predicted octanol–water partition coefficient (Wildman–Crippen LogP) is 3.88. The molecular formula is C17H23N5O2S. The van der Waals surface area contributed by atoms with Crippen molar-refractivity contribution in [3.63, 3.8) is 0 Å². The molecule has 1 aliphatic rings. The molecule has 0 bridgehead atoms. The first-order valence-electron chi connectivity index (χ1n) is 8.39. The molecule has 0 aliphatic carbocycles. The van der Waals surface area contributed by atoms with Crippen LogP contribution >= 0.6 is 11.3 Å². The van der Waals surface area contributed by atoms with E-state index in [2.05, 4.69) is 32.7 Å². The van der Waals surface area contributed by atoms with Crippen LogP contribution in [-0.2, 0) is 0 Å². The molecule has 7 nitrogen and oxygen atoms in total. The summed E-state index contributed by atoms with van der Waals surface area (Å²) in [4.78, 5) is 14.5. The summed E-state index contributed by atoms with van der Waals surface area (Å²) in [6.45, 7) is 5.15. The zero-order valence-electron chi connectivity index (χ0n) is 14.7. The van der Waals surface area contributed by atoms with Crippen LogP contribution in [0.3, 0.4) is 0 Å². The molecule has 2 aromatic rings. The van der Waals surface area contributed by atoms with Crippen LogP contribution in [0.25, 0.3) is 0 Å². The Bertz CT molecular complexity index is 748. The molecule has 1 aromatic heterocycles. The Kier molecular flexibility index (Phi) is 5.37. The third-order valence-corrected chi connectivity index (χ3v) is 5.16. The van der Waals surface area contributed by atoms with Crippen molar-refractivity contribution in [2.24, 2.45) is 0 Å². The van der Waals surface area contributed by atoms with E-state index in [-0.39, 0.29) is 6.03 Å². The molecule has 2 amide bonds. The van der Waals surface area contributed by atoms with Gasteiger partial charge in [0.15, 0.2) is 0 Å². The van der Waals surface area contributed by atoms with Crippen molar-refractivity contribution >= 4 is 33.3 Å². The Morgan fingerprint density at radius 1 is 1.32 bits per heavy atom. The lowest BCUT2D eigenvalue weighted by Crippen LogP contribution is -2.37. The number of aryl methyl sites for hydroxylation is 1. The van der Waals surface area contributed by atoms with E-state index in [1.54, 1.807) is 7.11 Å². The van der Waals surface area contributed by atoms with Gasteiger partial charge in [0, 0.05) is 12.6 Å². The molecule has 1 fully saturated rings. The number of anilines is 3. The number of rotatable bonds is 4. The van der Waals surface area contributed by atoms with Crippen LogP contribution in [-0.4, -0.2) is 35.9 Å². The first-order chi connectivity index (χ1) is 12.1. The van der Waals surface area contributed by atoms with Crippen molar-refractivity contribution in [2.75, 3.05) is 29.2 Å². The van der Waals surface area contributed by atoms with Gasteiger partial charge in [0.05, 0.1) is 12.8 Å². The minimum atomic E-state index is -0.363. The van der Waals surface area contributed by atoms with Gasteiger partial charge in [-0.1, -0.05) is 17.4 Å². The molecule has 2 N–H and O–H groups in total. The van der Waals surface area contributed by atoms with Crippen LogP contribution in [0.2, 0.25) is 0 Å². The molecule has 25 heavy (non-hydrogen) atoms. The van der Waals surface area contributed by atoms with Crippen LogP contribution in [0, 0.1) is 6.92 Å². The molecule has 0 radical (unpaired) electrons. The third kappa shape index (κ3) is 4.19. The number of nitrogens with one attached hydrogen (secondary N) is 2. The van der Waals surface area contributed by atoms with Gasteiger partial charge in [-0.2, -0.15) is 0 Å². The smallest absolute Gasteiger partial charge is 0.325 e. The number of hydrogen-bond donors (Lipinski definition) is 2. The zero-order chi connectivity index (χ0) is 17.8. The molecule has 0 spiro atoms. The van der Waals surface area contributed by atoms with Crippen LogP contribution < -0.4 is 20.3 Å². The largest absolute Gasteiger partial charge is 0.495 e. The number of piperidine rings is 1. The highest BCUT2D eigenvalue weighted by atomic mass is 32.1. The molecule has 1 atom stereocenters. The number of amides is 2. The fourth-order valence-corrected chi connectivity index (χ4v) is 3.80. The summed E-state index contributed by atoms with van der Waals surface area (Å²) in [6.07, 6.45) is 3.58. The van der Waals surface area contributed by atoms with Gasteiger partial charge in [-0.15, -0.1) is 10.2 Å². The highest BCUT2D eigenvalue weighted by molar-refractivity contribution is 7.19. The number of benzene rings is 1. The van der Waals surface area contributed by atoms with Crippen molar-refractivity contribution in [1.82, 2.24) is 10.2 Å². The van der Waals surface area contributed by atoms with Crippen molar-refractivity contribution in [3.05, 3.63) is 23.8 Å². The van der Waals surface area contributed by atoms with Gasteiger partial charge in [-0.25, -0.2) is 4.79 Å². The molecule has 1 aromatic carbocycles. The standard InChI is InChI=1S/C17H23N5O2S/c1-11-7-8-14(24-3)13(10-11)18-15(23)19-16-20-21-17(25-16)22-9-5-4-6-12(22)2/h7-8,10,12H,4-6,9H2,1-3H3,(H2,18,19,20,23)/t12-/m1/s1. The van der Waals surface area contributed by atoms with Crippen LogP contribution in [0.4, 0.5) is 20.7 Å². The number of carbonyl (C=O) groups excluding carboxylic acids is 1. The molecule has 0 unspecified atom stereocenters. The van der Waals surface area contributed by atoms with E-state index in [1.807, 2.05) is 25.1 Å². The number of ether oxygens (including phenoxy) is 1. The Morgan fingerprint density at radius 3 is 2.92 bits per heavy atom. The third-order valence-electron chi connectivity index (χ3n) is 4.29. The fourth-order valence-electron chi connectivity index (χ4n) is 2.93. The van der Waals surface area contributed by atoms with Crippen LogP contribution in [0.15, 0.2) is 18.2 Å². The Morgan fingerprint density at radius 2 is 2.16 bits per heavy atom. The summed E-state index contributed by atoms with van der Waals surface area (Å²) in [5.41, 5.74) is 1.66. The first-order valence-corrected chi connectivity index (χ1v) is 9.21. The lowest BCUT2D eigenvalue weighted by atomic mass is 10.1. The first kappa shape index (κ1) is 17.5. The number of urea groups is 1. The predicted molar refractivity (Wildman–Crippen MR) is 101 cm³/mol. The van der Waals surface area contributed by atoms with E-state index in [4.69, 9.17) is 4.74 Å². The van der Waals surface area contributed by atoms with Gasteiger partial charge in [-0.3, -0.25) is 5.32 Å². The second-order valence-corrected chi connectivity index (χ2v) is 7.17. The minimum absolute atomic E-state index is 0.363. The van der Waals surface area contributed by atoms with Crippen molar-refractivity contribution in [1.29, 1.82) is 0 Å². The van der Waals surface area contributed by atoms with Crippen molar-refractivity contribution < 1.29 is 9.53 Å². The minimum Gasteiger partial charge on any atom is -0.495 e. The maximum atomic E-state index is 12.3. The van der Waals surface area contributed by atoms with E-state index >= 15 is 0 Å². The van der Waals surface area contributed by atoms with Gasteiger partial charge in [0.25, 0.3) is 0 Å². The maximum absolute atomic E-state index is 12.3. The topological polar surface area (TPSA) is 79.4 Å². The number of nitrogens with zero attached hydrogens (tertiary/aromatic N) is 3. The van der Waals surface area contributed by atoms with Crippen molar-refractivity contribution in [2.45, 2.75) is 39.2 Å². The summed E-state index contributed by atoms with van der Waals surface area (Å²) < 4.78 is 5.27. The van der Waals surface area contributed by atoms with Gasteiger partial charge in [0.2, 0.25) is 10.3 Å². The average Bonchev–Trinajstić information content (AvgIpc) is 3.03. The summed E-state index contributed by atoms with van der Waals surface area (Å²) in [7, 11) is 1.57. The summed E-state index contributed by atoms with van der Waals surface area (Å²) in [6, 6.07) is 5.71. The van der Waals surface area contributed by atoms with Crippen LogP contribution in [0.1, 0.15) is 31.7 Å². The zero-order valence-corrected chi connectivity index (χ0v) is 15.5. The summed E-state index contributed by atoms with van der Waals surface area (Å²) in [5, 5.41) is 15.2. The lowest BCUT2D eigenvalue weighted by molar-refractivity contribution is 0.262. The normalized spacial score (nSPS) is 17.2. The Balaban J connectivity index is 1.65. The van der Waals surface area contributed by atoms with E-state index in [0.717, 1.165) is 23.7 Å². The second kappa shape index (κ2) is 7.69. The summed E-state index contributed by atoms with van der Waals surface area (Å²) >= 11 is 1.40. The lowest BCUT2D eigenvalue weighted by Gasteiger charge is -2.32. The van der Waals surface area contributed by atoms with E-state index < -0.39 is 0 Å². The molecule has 0 saturated carbocycles. The number of aromatic nitrogens is 2. The number of methoxy groups -OCH3 is 1. The average molecular weight is 361 g/mol. The molecular weight excluding hydrogens is 338 g/mol. The Hall–Kier alpha value is -2.35. The quantitative estimate of drug-likeness (QED) is 0.864. The fraction of sp³-hybridized carbons (Fsp3) is 0.471. The highest BCUT2D eigenvalue weighted by Gasteiger charge is 2.22. The maximum Gasteiger partial charge on any atom is 0.325 e. The van der Waals surface area contributed by atoms with Crippen molar-refractivity contribution in [3.8, 4) is 5.75 Å². The second-order valence-electron chi connectivity index (χ2n) is 6.21. The van der Waals surface area contributed by atoms with E-state index in [9.17, 15) is 4.79 Å². The Labute approximate surface area is 151 Å². The van der Waals surface area contributed by atoms with E-state index in [1.165, 1.54) is 24.2 Å². The van der Waals surface area contributed by atoms with Crippen LogP contribution in [0.5, 0.6) is 5.75 Å². The van der Waals surface area contributed by atoms with E-state index in [0.29, 0.717) is 22.6 Å². The molecule has 134 valence electrons. The highest BCUT2D eigenvalue weighted by Crippen LogP contribution is 2.30. The molecule has 1 saturated heterocycles.